The van der Waals surface area contributed by atoms with Crippen LogP contribution in [0, 0.1) is 5.92 Å². The molecule has 1 aliphatic carbocycles. The lowest BCUT2D eigenvalue weighted by atomic mass is 9.64. The van der Waals surface area contributed by atoms with Gasteiger partial charge in [-0.3, -0.25) is 4.79 Å². The summed E-state index contributed by atoms with van der Waals surface area (Å²) >= 11 is 2.02. The lowest BCUT2D eigenvalue weighted by Gasteiger charge is -2.46. The van der Waals surface area contributed by atoms with Crippen LogP contribution in [0.1, 0.15) is 53.2 Å². The van der Waals surface area contributed by atoms with Crippen molar-refractivity contribution in [1.29, 1.82) is 0 Å². The number of carbonyl (C=O) groups is 2. The van der Waals surface area contributed by atoms with Gasteiger partial charge < -0.3 is 4.74 Å². The maximum absolute atomic E-state index is 13.2. The van der Waals surface area contributed by atoms with Crippen molar-refractivity contribution < 1.29 is 14.3 Å². The molecular formula is C24H22O3S. The number of hydrogen-bond acceptors (Lipinski definition) is 4. The van der Waals surface area contributed by atoms with Gasteiger partial charge in [0.1, 0.15) is 0 Å². The third-order valence-electron chi connectivity index (χ3n) is 6.37. The second-order valence-electron chi connectivity index (χ2n) is 8.04. The normalized spacial score (nSPS) is 26.5. The molecule has 2 aromatic carbocycles. The van der Waals surface area contributed by atoms with Crippen molar-refractivity contribution in [2.24, 2.45) is 5.92 Å². The summed E-state index contributed by atoms with van der Waals surface area (Å²) in [5.41, 5.74) is 2.37. The van der Waals surface area contributed by atoms with E-state index < -0.39 is 11.6 Å². The number of rotatable bonds is 3. The Morgan fingerprint density at radius 2 is 1.68 bits per heavy atom. The molecule has 0 amide bonds. The fourth-order valence-electron chi connectivity index (χ4n) is 5.18. The van der Waals surface area contributed by atoms with Crippen LogP contribution in [0.2, 0.25) is 0 Å². The Kier molecular flexibility index (Phi) is 4.02. The highest BCUT2D eigenvalue weighted by Gasteiger charge is 2.58. The van der Waals surface area contributed by atoms with Gasteiger partial charge in [-0.25, -0.2) is 4.79 Å². The van der Waals surface area contributed by atoms with E-state index in [0.717, 1.165) is 24.0 Å². The van der Waals surface area contributed by atoms with E-state index in [1.54, 1.807) is 6.92 Å². The minimum absolute atomic E-state index is 0.00371. The van der Waals surface area contributed by atoms with Gasteiger partial charge in [0.05, 0.1) is 0 Å². The zero-order valence-corrected chi connectivity index (χ0v) is 16.6. The van der Waals surface area contributed by atoms with E-state index in [1.807, 2.05) is 60.3 Å². The van der Waals surface area contributed by atoms with E-state index in [1.165, 1.54) is 6.42 Å². The van der Waals surface area contributed by atoms with E-state index in [0.29, 0.717) is 27.2 Å². The van der Waals surface area contributed by atoms with Gasteiger partial charge in [0.25, 0.3) is 0 Å². The maximum Gasteiger partial charge on any atom is 0.334 e. The molecule has 5 rings (SSSR count). The van der Waals surface area contributed by atoms with Gasteiger partial charge >= 0.3 is 5.97 Å². The molecule has 4 heteroatoms. The van der Waals surface area contributed by atoms with Gasteiger partial charge in [0, 0.05) is 44.2 Å². The largest absolute Gasteiger partial charge is 0.445 e. The molecule has 0 aromatic heterocycles. The van der Waals surface area contributed by atoms with Crippen LogP contribution >= 0.6 is 11.8 Å². The molecule has 2 fully saturated rings. The average molecular weight is 391 g/mol. The summed E-state index contributed by atoms with van der Waals surface area (Å²) in [6.07, 6.45) is 3.35. The van der Waals surface area contributed by atoms with Crippen LogP contribution in [-0.2, 0) is 15.1 Å². The maximum atomic E-state index is 13.2. The number of thioether (sulfide) groups is 1. The summed E-state index contributed by atoms with van der Waals surface area (Å²) in [7, 11) is 0. The molecule has 3 unspecified atom stereocenters. The predicted molar refractivity (Wildman–Crippen MR) is 111 cm³/mol. The Hall–Kier alpha value is -2.33. The summed E-state index contributed by atoms with van der Waals surface area (Å²) in [4.78, 5) is 26.1. The van der Waals surface area contributed by atoms with Crippen molar-refractivity contribution in [3.63, 3.8) is 0 Å². The van der Waals surface area contributed by atoms with Gasteiger partial charge in [-0.15, -0.1) is 0 Å². The molecule has 3 atom stereocenters. The van der Waals surface area contributed by atoms with Crippen LogP contribution in [0.4, 0.5) is 0 Å². The Bertz CT molecular complexity index is 959. The molecule has 0 N–H and O–H groups in total. The monoisotopic (exact) mass is 390 g/mol. The molecule has 2 heterocycles. The van der Waals surface area contributed by atoms with Gasteiger partial charge in [0.15, 0.2) is 11.4 Å². The molecule has 28 heavy (non-hydrogen) atoms. The van der Waals surface area contributed by atoms with E-state index in [-0.39, 0.29) is 11.7 Å². The molecule has 2 aromatic rings. The summed E-state index contributed by atoms with van der Waals surface area (Å²) in [5.74, 6) is -0.245. The number of ketones is 1. The lowest BCUT2D eigenvalue weighted by Crippen LogP contribution is -2.48. The molecule has 0 spiro atoms. The first-order chi connectivity index (χ1) is 13.5. The molecule has 0 radical (unpaired) electrons. The Balaban J connectivity index is 1.80. The highest BCUT2D eigenvalue weighted by atomic mass is 32.2. The van der Waals surface area contributed by atoms with Crippen molar-refractivity contribution in [3.8, 4) is 0 Å². The van der Waals surface area contributed by atoms with Gasteiger partial charge in [0.2, 0.25) is 0 Å². The van der Waals surface area contributed by atoms with Crippen molar-refractivity contribution in [2.75, 3.05) is 0 Å². The van der Waals surface area contributed by atoms with Crippen LogP contribution in [0.5, 0.6) is 0 Å². The number of esters is 1. The molecule has 2 saturated heterocycles. The van der Waals surface area contributed by atoms with Gasteiger partial charge in [-0.05, 0) is 26.2 Å². The minimum Gasteiger partial charge on any atom is -0.445 e. The zero-order valence-electron chi connectivity index (χ0n) is 15.8. The van der Waals surface area contributed by atoms with Crippen LogP contribution in [-0.4, -0.2) is 22.3 Å². The molecule has 142 valence electrons. The lowest BCUT2D eigenvalue weighted by molar-refractivity contribution is -0.158. The van der Waals surface area contributed by atoms with Gasteiger partial charge in [-0.2, -0.15) is 11.8 Å². The molecule has 2 aliphatic heterocycles. The second kappa shape index (κ2) is 6.35. The quantitative estimate of drug-likeness (QED) is 0.553. The van der Waals surface area contributed by atoms with E-state index in [2.05, 4.69) is 6.58 Å². The summed E-state index contributed by atoms with van der Waals surface area (Å²) in [6, 6.07) is 15.3. The smallest absolute Gasteiger partial charge is 0.334 e. The molecule has 0 saturated carbocycles. The van der Waals surface area contributed by atoms with Crippen LogP contribution in [0.25, 0.3) is 0 Å². The molecule has 3 nitrogen and oxygen atoms in total. The van der Waals surface area contributed by atoms with Crippen LogP contribution in [0.3, 0.4) is 0 Å². The number of ether oxygens (including phenoxy) is 1. The van der Waals surface area contributed by atoms with Crippen molar-refractivity contribution in [3.05, 3.63) is 82.9 Å². The van der Waals surface area contributed by atoms with Crippen molar-refractivity contribution in [2.45, 2.75) is 42.3 Å². The summed E-state index contributed by atoms with van der Waals surface area (Å²) in [6.45, 7) is 5.48. The average Bonchev–Trinajstić information content (AvgIpc) is 3.35. The van der Waals surface area contributed by atoms with E-state index in [4.69, 9.17) is 4.74 Å². The third kappa shape index (κ3) is 2.37. The van der Waals surface area contributed by atoms with Crippen LogP contribution < -0.4 is 0 Å². The first-order valence-corrected chi connectivity index (χ1v) is 10.7. The standard InChI is InChI=1S/C24H22O3S/c1-14(2)23(26)27-24(20-13-15-11-12-21(20)28-15)18-9-5-3-7-16(18)22(25)17-8-4-6-10-19(17)24/h3-10,15,20-21H,1,11-13H2,2H3. The SMILES string of the molecule is C=C(C)C(=O)OC1(C2CC3CCC2S3)c2ccccc2C(=O)c2ccccc21. The Labute approximate surface area is 169 Å². The fourth-order valence-corrected chi connectivity index (χ4v) is 7.03. The first-order valence-electron chi connectivity index (χ1n) is 9.80. The summed E-state index contributed by atoms with van der Waals surface area (Å²) < 4.78 is 6.37. The van der Waals surface area contributed by atoms with Crippen molar-refractivity contribution in [1.82, 2.24) is 0 Å². The van der Waals surface area contributed by atoms with Crippen molar-refractivity contribution >= 4 is 23.5 Å². The fraction of sp³-hybridized carbons (Fsp3) is 0.333. The minimum atomic E-state index is -0.941. The second-order valence-corrected chi connectivity index (χ2v) is 9.59. The predicted octanol–water partition coefficient (Wildman–Crippen LogP) is 4.88. The number of carbonyl (C=O) groups excluding carboxylic acids is 2. The summed E-state index contributed by atoms with van der Waals surface area (Å²) in [5, 5.41) is 1.03. The van der Waals surface area contributed by atoms with E-state index >= 15 is 0 Å². The molecule has 3 aliphatic rings. The molecule has 2 bridgehead atoms. The Morgan fingerprint density at radius 3 is 2.18 bits per heavy atom. The Morgan fingerprint density at radius 1 is 1.07 bits per heavy atom. The van der Waals surface area contributed by atoms with Gasteiger partial charge in [-0.1, -0.05) is 55.1 Å². The first kappa shape index (κ1) is 17.7. The third-order valence-corrected chi connectivity index (χ3v) is 8.10. The highest BCUT2D eigenvalue weighted by molar-refractivity contribution is 8.01. The molecular weight excluding hydrogens is 368 g/mol. The number of hydrogen-bond donors (Lipinski definition) is 0. The highest BCUT2D eigenvalue weighted by Crippen LogP contribution is 2.60. The topological polar surface area (TPSA) is 43.4 Å². The van der Waals surface area contributed by atoms with Crippen LogP contribution in [0.15, 0.2) is 60.7 Å². The van der Waals surface area contributed by atoms with E-state index in [9.17, 15) is 9.59 Å². The number of benzene rings is 2. The zero-order chi connectivity index (χ0) is 19.5. The number of fused-ring (bicyclic) bond motifs is 4.